The minimum absolute atomic E-state index is 0.0258. The van der Waals surface area contributed by atoms with Crippen molar-refractivity contribution in [2.75, 3.05) is 13.7 Å². The third-order valence-corrected chi connectivity index (χ3v) is 4.14. The summed E-state index contributed by atoms with van der Waals surface area (Å²) >= 11 is 5.89. The summed E-state index contributed by atoms with van der Waals surface area (Å²) in [6, 6.07) is 18.6. The van der Waals surface area contributed by atoms with Gasteiger partial charge in [-0.3, -0.25) is 4.79 Å². The van der Waals surface area contributed by atoms with Crippen molar-refractivity contribution in [3.63, 3.8) is 0 Å². The molecule has 0 aliphatic carbocycles. The molecule has 3 aromatic rings. The molecular weight excluding hydrogens is 366 g/mol. The van der Waals surface area contributed by atoms with E-state index in [0.29, 0.717) is 23.9 Å². The van der Waals surface area contributed by atoms with E-state index in [1.165, 1.54) is 0 Å². The maximum absolute atomic E-state index is 11.9. The Bertz CT molecular complexity index is 889. The predicted octanol–water partition coefficient (Wildman–Crippen LogP) is 4.44. The molecule has 0 bridgehead atoms. The molecule has 1 N–H and O–H groups in total. The Morgan fingerprint density at radius 2 is 1.93 bits per heavy atom. The van der Waals surface area contributed by atoms with Gasteiger partial charge < -0.3 is 19.2 Å². The topological polar surface area (TPSA) is 60.7 Å². The maximum atomic E-state index is 11.9. The molecule has 27 heavy (non-hydrogen) atoms. The first kappa shape index (κ1) is 19.0. The molecule has 3 rings (SSSR count). The van der Waals surface area contributed by atoms with Gasteiger partial charge in [-0.2, -0.15) is 0 Å². The zero-order chi connectivity index (χ0) is 19.1. The number of ether oxygens (including phenoxy) is 2. The monoisotopic (exact) mass is 385 g/mol. The first-order valence-corrected chi connectivity index (χ1v) is 8.84. The lowest BCUT2D eigenvalue weighted by atomic mass is 10.2. The third-order valence-electron chi connectivity index (χ3n) is 3.89. The molecule has 140 valence electrons. The smallest absolute Gasteiger partial charge is 0.246 e. The van der Waals surface area contributed by atoms with E-state index < -0.39 is 0 Å². The number of carbonyl (C=O) groups excluding carboxylic acids is 1. The van der Waals surface area contributed by atoms with Crippen molar-refractivity contribution in [2.24, 2.45) is 0 Å². The number of carbonyl (C=O) groups is 1. The number of amides is 1. The van der Waals surface area contributed by atoms with Crippen molar-refractivity contribution in [3.8, 4) is 17.1 Å². The Hall–Kier alpha value is -2.76. The highest BCUT2D eigenvalue weighted by molar-refractivity contribution is 6.30. The number of hydrogen-bond donors (Lipinski definition) is 1. The number of methoxy groups -OCH3 is 1. The molecule has 1 heterocycles. The molecule has 0 radical (unpaired) electrons. The Kier molecular flexibility index (Phi) is 6.52. The van der Waals surface area contributed by atoms with Crippen molar-refractivity contribution in [3.05, 3.63) is 77.0 Å². The second-order valence-electron chi connectivity index (χ2n) is 5.89. The second kappa shape index (κ2) is 9.26. The molecule has 1 amide bonds. The number of halogens is 1. The third kappa shape index (κ3) is 5.61. The number of furan rings is 1. The summed E-state index contributed by atoms with van der Waals surface area (Å²) in [5, 5.41) is 3.45. The zero-order valence-corrected chi connectivity index (χ0v) is 15.7. The first-order valence-electron chi connectivity index (χ1n) is 8.46. The van der Waals surface area contributed by atoms with Crippen LogP contribution >= 0.6 is 11.6 Å². The van der Waals surface area contributed by atoms with Crippen molar-refractivity contribution in [2.45, 2.75) is 13.2 Å². The highest BCUT2D eigenvalue weighted by atomic mass is 35.5. The van der Waals surface area contributed by atoms with Crippen LogP contribution in [0.1, 0.15) is 11.3 Å². The maximum Gasteiger partial charge on any atom is 0.246 e. The normalized spacial score (nSPS) is 10.6. The lowest BCUT2D eigenvalue weighted by molar-refractivity contribution is -0.126. The van der Waals surface area contributed by atoms with Gasteiger partial charge in [-0.1, -0.05) is 23.7 Å². The van der Waals surface area contributed by atoms with Gasteiger partial charge in [0.25, 0.3) is 0 Å². The lowest BCUT2D eigenvalue weighted by Gasteiger charge is -2.07. The highest BCUT2D eigenvalue weighted by Crippen LogP contribution is 2.23. The first-order chi connectivity index (χ1) is 13.1. The van der Waals surface area contributed by atoms with E-state index >= 15 is 0 Å². The summed E-state index contributed by atoms with van der Waals surface area (Å²) in [6.45, 7) is 0.614. The Morgan fingerprint density at radius 1 is 1.11 bits per heavy atom. The van der Waals surface area contributed by atoms with Gasteiger partial charge in [0.05, 0.1) is 20.3 Å². The van der Waals surface area contributed by atoms with E-state index in [-0.39, 0.29) is 12.5 Å². The Morgan fingerprint density at radius 3 is 2.70 bits per heavy atom. The van der Waals surface area contributed by atoms with Gasteiger partial charge in [-0.05, 0) is 54.1 Å². The van der Waals surface area contributed by atoms with Crippen molar-refractivity contribution >= 4 is 17.5 Å². The SMILES string of the molecule is COc1cccc(COCC(=O)NCc2ccc(-c3ccc(Cl)cc3)o2)c1. The van der Waals surface area contributed by atoms with Crippen LogP contribution in [-0.4, -0.2) is 19.6 Å². The van der Waals surface area contributed by atoms with Gasteiger partial charge in [0, 0.05) is 10.6 Å². The molecule has 0 unspecified atom stereocenters. The minimum atomic E-state index is -0.206. The quantitative estimate of drug-likeness (QED) is 0.622. The molecule has 0 aliphatic heterocycles. The summed E-state index contributed by atoms with van der Waals surface area (Å²) in [5.41, 5.74) is 1.87. The molecule has 2 aromatic carbocycles. The molecular formula is C21H20ClNO4. The van der Waals surface area contributed by atoms with Crippen molar-refractivity contribution < 1.29 is 18.7 Å². The molecule has 0 spiro atoms. The second-order valence-corrected chi connectivity index (χ2v) is 6.33. The van der Waals surface area contributed by atoms with Crippen molar-refractivity contribution in [1.29, 1.82) is 0 Å². The van der Waals surface area contributed by atoms with Crippen molar-refractivity contribution in [1.82, 2.24) is 5.32 Å². The van der Waals surface area contributed by atoms with E-state index in [9.17, 15) is 4.79 Å². The average molecular weight is 386 g/mol. The highest BCUT2D eigenvalue weighted by Gasteiger charge is 2.07. The summed E-state index contributed by atoms with van der Waals surface area (Å²) < 4.78 is 16.3. The molecule has 0 aliphatic rings. The fraction of sp³-hybridized carbons (Fsp3) is 0.190. The molecule has 0 saturated heterocycles. The molecule has 0 atom stereocenters. The summed E-state index contributed by atoms with van der Waals surface area (Å²) in [6.07, 6.45) is 0. The van der Waals surface area contributed by atoms with Gasteiger partial charge in [-0.15, -0.1) is 0 Å². The fourth-order valence-electron chi connectivity index (χ4n) is 2.50. The van der Waals surface area contributed by atoms with Crippen LogP contribution < -0.4 is 10.1 Å². The molecule has 0 saturated carbocycles. The van der Waals surface area contributed by atoms with Crippen LogP contribution in [0.2, 0.25) is 5.02 Å². The zero-order valence-electron chi connectivity index (χ0n) is 14.9. The predicted molar refractivity (Wildman–Crippen MR) is 104 cm³/mol. The fourth-order valence-corrected chi connectivity index (χ4v) is 2.63. The Labute approximate surface area is 162 Å². The summed E-state index contributed by atoms with van der Waals surface area (Å²) in [7, 11) is 1.61. The number of hydrogen-bond acceptors (Lipinski definition) is 4. The largest absolute Gasteiger partial charge is 0.497 e. The van der Waals surface area contributed by atoms with Crippen LogP contribution in [0, 0.1) is 0 Å². The van der Waals surface area contributed by atoms with Crippen LogP contribution in [0.25, 0.3) is 11.3 Å². The van der Waals surface area contributed by atoms with Gasteiger partial charge in [0.1, 0.15) is 23.9 Å². The number of nitrogens with one attached hydrogen (secondary N) is 1. The van der Waals surface area contributed by atoms with E-state index in [2.05, 4.69) is 5.32 Å². The van der Waals surface area contributed by atoms with Crippen LogP contribution in [-0.2, 0) is 22.7 Å². The van der Waals surface area contributed by atoms with Gasteiger partial charge in [-0.25, -0.2) is 0 Å². The van der Waals surface area contributed by atoms with E-state index in [4.69, 9.17) is 25.5 Å². The number of rotatable bonds is 8. The standard InChI is InChI=1S/C21H20ClNO4/c1-25-18-4-2-3-15(11-18)13-26-14-21(24)23-12-19-9-10-20(27-19)16-5-7-17(22)8-6-16/h2-11H,12-14H2,1H3,(H,23,24). The Balaban J connectivity index is 1.43. The van der Waals surface area contributed by atoms with Crippen LogP contribution in [0.3, 0.4) is 0 Å². The van der Waals surface area contributed by atoms with E-state index in [0.717, 1.165) is 22.6 Å². The van der Waals surface area contributed by atoms with Gasteiger partial charge in [0.2, 0.25) is 5.91 Å². The molecule has 0 fully saturated rings. The summed E-state index contributed by atoms with van der Waals surface area (Å²) in [4.78, 5) is 11.9. The van der Waals surface area contributed by atoms with Crippen LogP contribution in [0.4, 0.5) is 0 Å². The van der Waals surface area contributed by atoms with Gasteiger partial charge >= 0.3 is 0 Å². The minimum Gasteiger partial charge on any atom is -0.497 e. The average Bonchev–Trinajstić information content (AvgIpc) is 3.16. The summed E-state index contributed by atoms with van der Waals surface area (Å²) in [5.74, 6) is 1.95. The molecule has 6 heteroatoms. The lowest BCUT2D eigenvalue weighted by Crippen LogP contribution is -2.26. The molecule has 1 aromatic heterocycles. The van der Waals surface area contributed by atoms with Crippen LogP contribution in [0.5, 0.6) is 5.75 Å². The van der Waals surface area contributed by atoms with Crippen LogP contribution in [0.15, 0.2) is 65.1 Å². The number of benzene rings is 2. The van der Waals surface area contributed by atoms with E-state index in [1.807, 2.05) is 48.5 Å². The van der Waals surface area contributed by atoms with E-state index in [1.54, 1.807) is 19.2 Å². The van der Waals surface area contributed by atoms with Gasteiger partial charge in [0.15, 0.2) is 0 Å². The molecule has 5 nitrogen and oxygen atoms in total.